The largest absolute Gasteiger partial charge is 0.365 e. The number of nitrogens with zero attached hydrogens (tertiary/aromatic N) is 5. The summed E-state index contributed by atoms with van der Waals surface area (Å²) in [5.41, 5.74) is 7.73. The monoisotopic (exact) mass is 216 g/mol. The molecule has 1 aromatic carbocycles. The third kappa shape index (κ3) is 2.22. The lowest BCUT2D eigenvalue weighted by atomic mass is 10.1. The molecule has 0 fully saturated rings. The average molecular weight is 216 g/mol. The van der Waals surface area contributed by atoms with E-state index in [0.717, 1.165) is 12.0 Å². The number of rotatable bonds is 3. The maximum absolute atomic E-state index is 5.46. The molecule has 0 saturated heterocycles. The minimum absolute atomic E-state index is 0.168. The maximum atomic E-state index is 5.46. The number of tetrazole rings is 1. The molecule has 2 rings (SSSR count). The molecule has 0 aliphatic carbocycles. The smallest absolute Gasteiger partial charge is 0.263 e. The molecule has 6 heteroatoms. The van der Waals surface area contributed by atoms with E-state index >= 15 is 0 Å². The number of aryl methyl sites for hydroxylation is 1. The minimum atomic E-state index is 0.168. The Morgan fingerprint density at radius 1 is 1.38 bits per heavy atom. The van der Waals surface area contributed by atoms with Crippen molar-refractivity contribution in [2.45, 2.75) is 13.3 Å². The van der Waals surface area contributed by atoms with E-state index < -0.39 is 0 Å². The van der Waals surface area contributed by atoms with Crippen LogP contribution in [0.4, 0.5) is 5.95 Å². The lowest BCUT2D eigenvalue weighted by Crippen LogP contribution is -1.99. The van der Waals surface area contributed by atoms with Gasteiger partial charge in [-0.05, 0) is 28.0 Å². The Labute approximate surface area is 92.8 Å². The zero-order valence-electron chi connectivity index (χ0n) is 8.91. The van der Waals surface area contributed by atoms with Crippen LogP contribution in [0.3, 0.4) is 0 Å². The lowest BCUT2D eigenvalue weighted by Gasteiger charge is -1.96. The van der Waals surface area contributed by atoms with E-state index in [4.69, 9.17) is 5.73 Å². The van der Waals surface area contributed by atoms with Gasteiger partial charge in [-0.3, -0.25) is 0 Å². The molecule has 6 nitrogen and oxygen atoms in total. The molecule has 0 spiro atoms. The van der Waals surface area contributed by atoms with Crippen LogP contribution in [0.5, 0.6) is 0 Å². The Balaban J connectivity index is 2.14. The SMILES string of the molecule is CCc1ccc(C=Nn2nnnc2N)cc1. The number of aromatic nitrogens is 4. The molecule has 2 N–H and O–H groups in total. The standard InChI is InChI=1S/C10H12N6/c1-2-8-3-5-9(6-4-8)7-12-16-10(11)13-14-15-16/h3-7H,2H2,1H3,(H2,11,13,15). The summed E-state index contributed by atoms with van der Waals surface area (Å²) in [5.74, 6) is 0.168. The molecule has 0 atom stereocenters. The summed E-state index contributed by atoms with van der Waals surface area (Å²) < 4.78 is 0. The van der Waals surface area contributed by atoms with E-state index in [1.54, 1.807) is 6.21 Å². The van der Waals surface area contributed by atoms with Gasteiger partial charge in [0.25, 0.3) is 5.95 Å². The van der Waals surface area contributed by atoms with Crippen molar-refractivity contribution in [1.29, 1.82) is 0 Å². The van der Waals surface area contributed by atoms with E-state index in [1.165, 1.54) is 10.4 Å². The van der Waals surface area contributed by atoms with Crippen LogP contribution in [0.2, 0.25) is 0 Å². The van der Waals surface area contributed by atoms with Crippen molar-refractivity contribution in [2.75, 3.05) is 5.73 Å². The predicted octanol–water partition coefficient (Wildman–Crippen LogP) is 0.700. The first-order valence-electron chi connectivity index (χ1n) is 4.96. The van der Waals surface area contributed by atoms with Gasteiger partial charge in [0.1, 0.15) is 0 Å². The van der Waals surface area contributed by atoms with Crippen molar-refractivity contribution < 1.29 is 0 Å². The van der Waals surface area contributed by atoms with Gasteiger partial charge in [0.05, 0.1) is 6.21 Å². The van der Waals surface area contributed by atoms with Crippen molar-refractivity contribution in [2.24, 2.45) is 5.10 Å². The molecule has 82 valence electrons. The van der Waals surface area contributed by atoms with Crippen LogP contribution in [0.25, 0.3) is 0 Å². The fraction of sp³-hybridized carbons (Fsp3) is 0.200. The van der Waals surface area contributed by atoms with Crippen molar-refractivity contribution >= 4 is 12.2 Å². The highest BCUT2D eigenvalue weighted by Gasteiger charge is 1.96. The summed E-state index contributed by atoms with van der Waals surface area (Å²) in [5, 5.41) is 14.5. The van der Waals surface area contributed by atoms with Gasteiger partial charge in [0.15, 0.2) is 0 Å². The predicted molar refractivity (Wildman–Crippen MR) is 61.0 cm³/mol. The van der Waals surface area contributed by atoms with Crippen molar-refractivity contribution in [3.8, 4) is 0 Å². The van der Waals surface area contributed by atoms with Crippen LogP contribution in [0.15, 0.2) is 29.4 Å². The molecule has 16 heavy (non-hydrogen) atoms. The van der Waals surface area contributed by atoms with Gasteiger partial charge in [0, 0.05) is 0 Å². The highest BCUT2D eigenvalue weighted by atomic mass is 15.7. The van der Waals surface area contributed by atoms with Crippen LogP contribution < -0.4 is 5.73 Å². The minimum Gasteiger partial charge on any atom is -0.365 e. The van der Waals surface area contributed by atoms with Gasteiger partial charge in [-0.15, -0.1) is 0 Å². The zero-order valence-corrected chi connectivity index (χ0v) is 8.91. The van der Waals surface area contributed by atoms with Crippen LogP contribution >= 0.6 is 0 Å². The first-order valence-corrected chi connectivity index (χ1v) is 4.96. The first-order chi connectivity index (χ1) is 7.79. The molecule has 1 heterocycles. The normalized spacial score (nSPS) is 11.1. The van der Waals surface area contributed by atoms with Crippen molar-refractivity contribution in [1.82, 2.24) is 20.3 Å². The third-order valence-corrected chi connectivity index (χ3v) is 2.18. The van der Waals surface area contributed by atoms with Gasteiger partial charge < -0.3 is 5.73 Å². The highest BCUT2D eigenvalue weighted by Crippen LogP contribution is 2.03. The van der Waals surface area contributed by atoms with Crippen molar-refractivity contribution in [3.63, 3.8) is 0 Å². The maximum Gasteiger partial charge on any atom is 0.263 e. The Morgan fingerprint density at radius 3 is 2.69 bits per heavy atom. The summed E-state index contributed by atoms with van der Waals surface area (Å²) in [6.07, 6.45) is 2.68. The molecule has 0 aliphatic heterocycles. The topological polar surface area (TPSA) is 82.0 Å². The average Bonchev–Trinajstić information content (AvgIpc) is 2.73. The number of nitrogens with two attached hydrogens (primary N) is 1. The fourth-order valence-corrected chi connectivity index (χ4v) is 1.23. The highest BCUT2D eigenvalue weighted by molar-refractivity contribution is 5.79. The summed E-state index contributed by atoms with van der Waals surface area (Å²) in [7, 11) is 0. The first kappa shape index (κ1) is 10.3. The van der Waals surface area contributed by atoms with Crippen molar-refractivity contribution in [3.05, 3.63) is 35.4 Å². The number of anilines is 1. The molecule has 0 aliphatic rings. The molecule has 0 radical (unpaired) electrons. The van der Waals surface area contributed by atoms with Gasteiger partial charge in [-0.2, -0.15) is 5.10 Å². The number of nitrogen functional groups attached to an aromatic ring is 1. The summed E-state index contributed by atoms with van der Waals surface area (Å²) in [4.78, 5) is 1.17. The molecule has 0 saturated carbocycles. The van der Waals surface area contributed by atoms with E-state index in [0.29, 0.717) is 0 Å². The molecule has 0 bridgehead atoms. The molecule has 1 aromatic heterocycles. The van der Waals surface area contributed by atoms with Crippen LogP contribution in [-0.4, -0.2) is 26.5 Å². The quantitative estimate of drug-likeness (QED) is 0.765. The lowest BCUT2D eigenvalue weighted by molar-refractivity contribution is 0.699. The van der Waals surface area contributed by atoms with Crippen LogP contribution in [0, 0.1) is 0 Å². The molecule has 0 amide bonds. The van der Waals surface area contributed by atoms with Gasteiger partial charge in [0.2, 0.25) is 0 Å². The fourth-order valence-electron chi connectivity index (χ4n) is 1.23. The van der Waals surface area contributed by atoms with E-state index in [9.17, 15) is 0 Å². The second kappa shape index (κ2) is 4.52. The summed E-state index contributed by atoms with van der Waals surface area (Å²) in [6, 6.07) is 8.10. The second-order valence-corrected chi connectivity index (χ2v) is 3.27. The van der Waals surface area contributed by atoms with Crippen LogP contribution in [0.1, 0.15) is 18.1 Å². The van der Waals surface area contributed by atoms with Gasteiger partial charge in [-0.1, -0.05) is 41.1 Å². The van der Waals surface area contributed by atoms with E-state index in [-0.39, 0.29) is 5.95 Å². The molecular weight excluding hydrogens is 204 g/mol. The molecule has 2 aromatic rings. The Kier molecular flexibility index (Phi) is 2.90. The number of hydrogen-bond donors (Lipinski definition) is 1. The van der Waals surface area contributed by atoms with Gasteiger partial charge in [-0.25, -0.2) is 0 Å². The summed E-state index contributed by atoms with van der Waals surface area (Å²) >= 11 is 0. The zero-order chi connectivity index (χ0) is 11.4. The number of hydrogen-bond acceptors (Lipinski definition) is 5. The third-order valence-electron chi connectivity index (χ3n) is 2.18. The van der Waals surface area contributed by atoms with E-state index in [2.05, 4.69) is 39.7 Å². The Morgan fingerprint density at radius 2 is 2.12 bits per heavy atom. The summed E-state index contributed by atoms with van der Waals surface area (Å²) in [6.45, 7) is 2.12. The van der Waals surface area contributed by atoms with Crippen LogP contribution in [-0.2, 0) is 6.42 Å². The molecular formula is C10H12N6. The van der Waals surface area contributed by atoms with E-state index in [1.807, 2.05) is 12.1 Å². The molecule has 0 unspecified atom stereocenters. The Hall–Kier alpha value is -2.24. The second-order valence-electron chi connectivity index (χ2n) is 3.27. The number of benzene rings is 1. The Bertz CT molecular complexity index is 484. The van der Waals surface area contributed by atoms with Gasteiger partial charge >= 0.3 is 0 Å².